The third-order valence-corrected chi connectivity index (χ3v) is 5.97. The van der Waals surface area contributed by atoms with Crippen molar-refractivity contribution in [3.63, 3.8) is 0 Å². The number of amides is 1. The minimum Gasteiger partial charge on any atom is -0.466 e. The van der Waals surface area contributed by atoms with Gasteiger partial charge in [0.2, 0.25) is 0 Å². The number of amidine groups is 1. The van der Waals surface area contributed by atoms with Gasteiger partial charge in [-0.05, 0) is 41.8 Å². The number of ether oxygens (including phenoxy) is 1. The molecule has 28 heavy (non-hydrogen) atoms. The van der Waals surface area contributed by atoms with E-state index >= 15 is 0 Å². The van der Waals surface area contributed by atoms with Gasteiger partial charge in [-0.25, -0.2) is 4.79 Å². The summed E-state index contributed by atoms with van der Waals surface area (Å²) in [6.45, 7) is 0.147. The van der Waals surface area contributed by atoms with Crippen LogP contribution in [-0.2, 0) is 19.7 Å². The SMILES string of the molecule is COC(=O)/C=C1/S/C(=N\N=Cc2cccc(C3(CO)CCCCC3)c2)NC1=O. The average Bonchev–Trinajstić information content (AvgIpc) is 3.07. The minimum atomic E-state index is -0.597. The van der Waals surface area contributed by atoms with E-state index in [0.717, 1.165) is 54.6 Å². The van der Waals surface area contributed by atoms with E-state index in [-0.39, 0.29) is 16.9 Å². The molecule has 148 valence electrons. The highest BCUT2D eigenvalue weighted by Crippen LogP contribution is 2.39. The molecule has 0 atom stereocenters. The van der Waals surface area contributed by atoms with Gasteiger partial charge in [0.25, 0.3) is 5.91 Å². The Morgan fingerprint density at radius 1 is 1.36 bits per heavy atom. The van der Waals surface area contributed by atoms with E-state index in [9.17, 15) is 14.7 Å². The highest BCUT2D eigenvalue weighted by atomic mass is 32.2. The fourth-order valence-corrected chi connectivity index (χ4v) is 4.24. The number of hydrogen-bond acceptors (Lipinski definition) is 7. The molecule has 0 radical (unpaired) electrons. The summed E-state index contributed by atoms with van der Waals surface area (Å²) in [5.41, 5.74) is 1.83. The van der Waals surface area contributed by atoms with Gasteiger partial charge in [-0.2, -0.15) is 5.10 Å². The number of nitrogens with zero attached hydrogens (tertiary/aromatic N) is 2. The van der Waals surface area contributed by atoms with Gasteiger partial charge < -0.3 is 9.84 Å². The summed E-state index contributed by atoms with van der Waals surface area (Å²) in [4.78, 5) is 23.3. The quantitative estimate of drug-likeness (QED) is 0.342. The van der Waals surface area contributed by atoms with Crippen molar-refractivity contribution in [3.8, 4) is 0 Å². The van der Waals surface area contributed by atoms with E-state index in [1.54, 1.807) is 6.21 Å². The number of hydrogen-bond donors (Lipinski definition) is 2. The van der Waals surface area contributed by atoms with Crippen LogP contribution < -0.4 is 5.32 Å². The minimum absolute atomic E-state index is 0.147. The summed E-state index contributed by atoms with van der Waals surface area (Å²) in [7, 11) is 1.25. The molecule has 0 bridgehead atoms. The molecule has 2 N–H and O–H groups in total. The zero-order valence-electron chi connectivity index (χ0n) is 15.7. The second-order valence-electron chi connectivity index (χ2n) is 6.86. The lowest BCUT2D eigenvalue weighted by Gasteiger charge is -2.36. The number of methoxy groups -OCH3 is 1. The van der Waals surface area contributed by atoms with Gasteiger partial charge in [-0.15, -0.1) is 5.10 Å². The lowest BCUT2D eigenvalue weighted by Crippen LogP contribution is -2.33. The molecule has 3 rings (SSSR count). The van der Waals surface area contributed by atoms with E-state index < -0.39 is 11.9 Å². The predicted octanol–water partition coefficient (Wildman–Crippen LogP) is 2.49. The summed E-state index contributed by atoms with van der Waals surface area (Å²) in [6, 6.07) is 7.97. The van der Waals surface area contributed by atoms with Crippen LogP contribution in [-0.4, -0.2) is 42.1 Å². The van der Waals surface area contributed by atoms with E-state index in [4.69, 9.17) is 0 Å². The van der Waals surface area contributed by atoms with Crippen molar-refractivity contribution in [1.82, 2.24) is 5.32 Å². The third-order valence-electron chi connectivity index (χ3n) is 5.07. The molecule has 0 unspecified atom stereocenters. The third kappa shape index (κ3) is 4.69. The Hall–Kier alpha value is -2.45. The number of nitrogens with one attached hydrogen (secondary N) is 1. The summed E-state index contributed by atoms with van der Waals surface area (Å²) in [5.74, 6) is -1.01. The van der Waals surface area contributed by atoms with Crippen LogP contribution in [0, 0.1) is 0 Å². The van der Waals surface area contributed by atoms with Crippen LogP contribution >= 0.6 is 11.8 Å². The molecule has 0 spiro atoms. The van der Waals surface area contributed by atoms with E-state index in [0.29, 0.717) is 5.17 Å². The molecule has 0 aromatic heterocycles. The molecule has 8 heteroatoms. The molecule has 2 fully saturated rings. The Morgan fingerprint density at radius 3 is 2.86 bits per heavy atom. The molecule has 2 aliphatic rings. The maximum atomic E-state index is 11.8. The Morgan fingerprint density at radius 2 is 2.14 bits per heavy atom. The number of benzene rings is 1. The van der Waals surface area contributed by atoms with Gasteiger partial charge in [0.15, 0.2) is 5.17 Å². The fourth-order valence-electron chi connectivity index (χ4n) is 3.50. The highest BCUT2D eigenvalue weighted by Gasteiger charge is 2.33. The molecule has 1 heterocycles. The predicted molar refractivity (Wildman–Crippen MR) is 109 cm³/mol. The van der Waals surface area contributed by atoms with Crippen molar-refractivity contribution >= 4 is 35.0 Å². The van der Waals surface area contributed by atoms with E-state index in [1.807, 2.05) is 18.2 Å². The van der Waals surface area contributed by atoms with Crippen LogP contribution in [0.25, 0.3) is 0 Å². The molecular formula is C20H23N3O4S. The van der Waals surface area contributed by atoms with E-state index in [1.165, 1.54) is 13.5 Å². The molecule has 1 aliphatic heterocycles. The van der Waals surface area contributed by atoms with Crippen LogP contribution in [0.1, 0.15) is 43.2 Å². The van der Waals surface area contributed by atoms with Crippen LogP contribution in [0.15, 0.2) is 45.4 Å². The summed E-state index contributed by atoms with van der Waals surface area (Å²) in [6.07, 6.45) is 8.19. The Kier molecular flexibility index (Phi) is 6.64. The van der Waals surface area contributed by atoms with Gasteiger partial charge in [-0.1, -0.05) is 37.5 Å². The first-order valence-corrected chi connectivity index (χ1v) is 9.99. The molecule has 1 amide bonds. The molecule has 1 saturated heterocycles. The van der Waals surface area contributed by atoms with Crippen LogP contribution in [0.5, 0.6) is 0 Å². The van der Waals surface area contributed by atoms with Crippen molar-refractivity contribution in [2.24, 2.45) is 10.2 Å². The number of carbonyl (C=O) groups is 2. The van der Waals surface area contributed by atoms with Gasteiger partial charge in [-0.3, -0.25) is 10.1 Å². The average molecular weight is 401 g/mol. The summed E-state index contributed by atoms with van der Waals surface area (Å²) >= 11 is 1.03. The summed E-state index contributed by atoms with van der Waals surface area (Å²) in [5, 5.41) is 20.9. The first kappa shape index (κ1) is 20.3. The molecule has 7 nitrogen and oxygen atoms in total. The first-order valence-electron chi connectivity index (χ1n) is 9.17. The fraction of sp³-hybridized carbons (Fsp3) is 0.400. The monoisotopic (exact) mass is 401 g/mol. The number of carbonyl (C=O) groups excluding carboxylic acids is 2. The standard InChI is InChI=1S/C20H23N3O4S/c1-27-17(25)11-16-18(26)22-19(28-16)23-21-12-14-6-5-7-15(10-14)20(13-24)8-3-2-4-9-20/h5-7,10-12,24H,2-4,8-9,13H2,1H3,(H,22,23,26)/b16-11+,21-12?. The molecular weight excluding hydrogens is 378 g/mol. The smallest absolute Gasteiger partial charge is 0.331 e. The van der Waals surface area contributed by atoms with Crippen LogP contribution in [0.3, 0.4) is 0 Å². The number of thioether (sulfide) groups is 1. The number of esters is 1. The number of aliphatic hydroxyl groups excluding tert-OH is 1. The second-order valence-corrected chi connectivity index (χ2v) is 7.89. The number of aliphatic hydroxyl groups is 1. The van der Waals surface area contributed by atoms with Crippen molar-refractivity contribution in [2.75, 3.05) is 13.7 Å². The zero-order valence-corrected chi connectivity index (χ0v) is 16.5. The summed E-state index contributed by atoms with van der Waals surface area (Å²) < 4.78 is 4.52. The molecule has 1 aromatic carbocycles. The maximum Gasteiger partial charge on any atom is 0.331 e. The van der Waals surface area contributed by atoms with Crippen LogP contribution in [0.2, 0.25) is 0 Å². The Labute approximate surface area is 168 Å². The van der Waals surface area contributed by atoms with Crippen molar-refractivity contribution < 1.29 is 19.4 Å². The molecule has 1 aromatic rings. The Balaban J connectivity index is 1.72. The van der Waals surface area contributed by atoms with Gasteiger partial charge in [0, 0.05) is 11.5 Å². The largest absolute Gasteiger partial charge is 0.466 e. The van der Waals surface area contributed by atoms with Gasteiger partial charge >= 0.3 is 5.97 Å². The Bertz CT molecular complexity index is 842. The van der Waals surface area contributed by atoms with Crippen molar-refractivity contribution in [1.29, 1.82) is 0 Å². The van der Waals surface area contributed by atoms with E-state index in [2.05, 4.69) is 26.3 Å². The number of rotatable bonds is 5. The second kappa shape index (κ2) is 9.16. The van der Waals surface area contributed by atoms with Crippen molar-refractivity contribution in [3.05, 3.63) is 46.4 Å². The first-order chi connectivity index (χ1) is 13.6. The van der Waals surface area contributed by atoms with Crippen molar-refractivity contribution in [2.45, 2.75) is 37.5 Å². The molecule has 1 aliphatic carbocycles. The maximum absolute atomic E-state index is 11.8. The van der Waals surface area contributed by atoms with Gasteiger partial charge in [0.05, 0.1) is 24.8 Å². The topological polar surface area (TPSA) is 100 Å². The zero-order chi connectivity index (χ0) is 20.0. The van der Waals surface area contributed by atoms with Gasteiger partial charge in [0.1, 0.15) is 0 Å². The lowest BCUT2D eigenvalue weighted by molar-refractivity contribution is -0.135. The normalized spacial score (nSPS) is 22.0. The highest BCUT2D eigenvalue weighted by molar-refractivity contribution is 8.18. The molecule has 1 saturated carbocycles. The van der Waals surface area contributed by atoms with Crippen LogP contribution in [0.4, 0.5) is 0 Å². The lowest BCUT2D eigenvalue weighted by atomic mass is 9.70.